The molecule has 0 radical (unpaired) electrons. The van der Waals surface area contributed by atoms with Gasteiger partial charge in [-0.05, 0) is 19.1 Å². The smallest absolute Gasteiger partial charge is 0.144 e. The van der Waals surface area contributed by atoms with Crippen molar-refractivity contribution in [2.45, 2.75) is 17.9 Å². The number of benzene rings is 1. The summed E-state index contributed by atoms with van der Waals surface area (Å²) in [6.07, 6.45) is -0.336. The first kappa shape index (κ1) is 13.1. The Morgan fingerprint density at radius 1 is 1.44 bits per heavy atom. The highest BCUT2D eigenvalue weighted by molar-refractivity contribution is 7.85. The summed E-state index contributed by atoms with van der Waals surface area (Å²) in [7, 11) is -0.333. The van der Waals surface area contributed by atoms with Crippen molar-refractivity contribution in [2.24, 2.45) is 0 Å². The van der Waals surface area contributed by atoms with Gasteiger partial charge in [-0.25, -0.2) is 8.78 Å². The normalized spacial score (nSPS) is 14.8. The summed E-state index contributed by atoms with van der Waals surface area (Å²) < 4.78 is 43.3. The summed E-state index contributed by atoms with van der Waals surface area (Å²) in [5.74, 6) is -1.74. The second kappa shape index (κ2) is 5.36. The fourth-order valence-electron chi connectivity index (χ4n) is 1.16. The molecule has 0 aliphatic heterocycles. The molecule has 3 nitrogen and oxygen atoms in total. The standard InChI is InChI=1S/C10H13F2NO2S/c1-6(15-2)5-16(14)10-8(11)3-7(13)4-9(10)12/h3-4,6H,5,13H2,1-2H3. The number of nitrogen functional groups attached to an aromatic ring is 1. The Hall–Kier alpha value is -1.01. The highest BCUT2D eigenvalue weighted by atomic mass is 32.2. The monoisotopic (exact) mass is 249 g/mol. The predicted octanol–water partition coefficient (Wildman–Crippen LogP) is 1.69. The summed E-state index contributed by atoms with van der Waals surface area (Å²) in [5, 5.41) is 0. The molecule has 6 heteroatoms. The van der Waals surface area contributed by atoms with E-state index in [9.17, 15) is 13.0 Å². The van der Waals surface area contributed by atoms with Crippen molar-refractivity contribution < 1.29 is 17.7 Å². The predicted molar refractivity (Wildman–Crippen MR) is 58.5 cm³/mol. The molecular formula is C10H13F2NO2S. The molecule has 0 aliphatic carbocycles. The van der Waals surface area contributed by atoms with E-state index < -0.39 is 27.3 Å². The third kappa shape index (κ3) is 2.99. The van der Waals surface area contributed by atoms with Gasteiger partial charge in [0, 0.05) is 12.8 Å². The first-order valence-corrected chi connectivity index (χ1v) is 5.93. The molecule has 1 aromatic carbocycles. The van der Waals surface area contributed by atoms with Gasteiger partial charge < -0.3 is 10.5 Å². The van der Waals surface area contributed by atoms with E-state index in [1.807, 2.05) is 0 Å². The molecule has 16 heavy (non-hydrogen) atoms. The molecule has 90 valence electrons. The van der Waals surface area contributed by atoms with Crippen LogP contribution >= 0.6 is 0 Å². The summed E-state index contributed by atoms with van der Waals surface area (Å²) in [6.45, 7) is 1.67. The fraction of sp³-hybridized carbons (Fsp3) is 0.400. The Labute approximate surface area is 95.0 Å². The van der Waals surface area contributed by atoms with E-state index in [0.29, 0.717) is 0 Å². The minimum Gasteiger partial charge on any atom is -0.399 e. The van der Waals surface area contributed by atoms with Gasteiger partial charge in [-0.15, -0.1) is 0 Å². The molecule has 0 bridgehead atoms. The molecule has 0 spiro atoms. The quantitative estimate of drug-likeness (QED) is 0.826. The van der Waals surface area contributed by atoms with E-state index in [1.165, 1.54) is 7.11 Å². The lowest BCUT2D eigenvalue weighted by molar-refractivity contribution is 0.137. The number of hydrogen-bond donors (Lipinski definition) is 1. The topological polar surface area (TPSA) is 52.3 Å². The van der Waals surface area contributed by atoms with Crippen LogP contribution in [0.4, 0.5) is 14.5 Å². The Bertz CT molecular complexity index is 389. The van der Waals surface area contributed by atoms with Gasteiger partial charge in [0.1, 0.15) is 16.5 Å². The van der Waals surface area contributed by atoms with Crippen molar-refractivity contribution in [1.29, 1.82) is 0 Å². The Morgan fingerprint density at radius 2 is 1.94 bits per heavy atom. The van der Waals surface area contributed by atoms with Crippen LogP contribution in [0.25, 0.3) is 0 Å². The zero-order valence-corrected chi connectivity index (χ0v) is 9.81. The second-order valence-corrected chi connectivity index (χ2v) is 4.80. The Kier molecular flexibility index (Phi) is 4.37. The minimum atomic E-state index is -1.78. The lowest BCUT2D eigenvalue weighted by Gasteiger charge is -2.10. The van der Waals surface area contributed by atoms with E-state index >= 15 is 0 Å². The molecule has 1 aromatic rings. The molecule has 2 N–H and O–H groups in total. The van der Waals surface area contributed by atoms with Crippen molar-refractivity contribution in [1.82, 2.24) is 0 Å². The summed E-state index contributed by atoms with van der Waals surface area (Å²) in [4.78, 5) is -0.446. The van der Waals surface area contributed by atoms with Gasteiger partial charge in [0.05, 0.1) is 22.7 Å². The first-order valence-electron chi connectivity index (χ1n) is 4.61. The number of hydrogen-bond acceptors (Lipinski definition) is 3. The van der Waals surface area contributed by atoms with Gasteiger partial charge in [-0.2, -0.15) is 0 Å². The number of ether oxygens (including phenoxy) is 1. The summed E-state index contributed by atoms with van der Waals surface area (Å²) in [5.41, 5.74) is 5.22. The maximum Gasteiger partial charge on any atom is 0.144 e. The zero-order valence-electron chi connectivity index (χ0n) is 9.00. The molecule has 0 saturated heterocycles. The maximum absolute atomic E-state index is 13.4. The van der Waals surface area contributed by atoms with Crippen LogP contribution in [0.5, 0.6) is 0 Å². The number of rotatable bonds is 4. The van der Waals surface area contributed by atoms with Crippen LogP contribution in [0.15, 0.2) is 17.0 Å². The third-order valence-corrected chi connectivity index (χ3v) is 3.65. The Balaban J connectivity index is 3.00. The van der Waals surface area contributed by atoms with Crippen molar-refractivity contribution in [2.75, 3.05) is 18.6 Å². The SMILES string of the molecule is COC(C)CS(=O)c1c(F)cc(N)cc1F. The molecule has 0 saturated carbocycles. The van der Waals surface area contributed by atoms with Gasteiger partial charge in [0.25, 0.3) is 0 Å². The van der Waals surface area contributed by atoms with Crippen LogP contribution in [0, 0.1) is 11.6 Å². The molecule has 2 atom stereocenters. The van der Waals surface area contributed by atoms with Crippen LogP contribution in [0.3, 0.4) is 0 Å². The average molecular weight is 249 g/mol. The number of halogens is 2. The van der Waals surface area contributed by atoms with Crippen molar-refractivity contribution in [3.63, 3.8) is 0 Å². The van der Waals surface area contributed by atoms with E-state index in [0.717, 1.165) is 12.1 Å². The molecule has 2 unspecified atom stereocenters. The van der Waals surface area contributed by atoms with Crippen LogP contribution in [-0.2, 0) is 15.5 Å². The van der Waals surface area contributed by atoms with Crippen LogP contribution < -0.4 is 5.73 Å². The van der Waals surface area contributed by atoms with Crippen molar-refractivity contribution >= 4 is 16.5 Å². The number of nitrogens with two attached hydrogens (primary N) is 1. The van der Waals surface area contributed by atoms with Crippen molar-refractivity contribution in [3.05, 3.63) is 23.8 Å². The van der Waals surface area contributed by atoms with E-state index in [-0.39, 0.29) is 17.5 Å². The summed E-state index contributed by atoms with van der Waals surface area (Å²) in [6, 6.07) is 1.90. The van der Waals surface area contributed by atoms with Gasteiger partial charge in [-0.1, -0.05) is 0 Å². The molecule has 0 aromatic heterocycles. The first-order chi connectivity index (χ1) is 7.45. The number of anilines is 1. The lowest BCUT2D eigenvalue weighted by atomic mass is 10.3. The van der Waals surface area contributed by atoms with Crippen LogP contribution in [-0.4, -0.2) is 23.2 Å². The number of methoxy groups -OCH3 is 1. The van der Waals surface area contributed by atoms with Gasteiger partial charge in [-0.3, -0.25) is 4.21 Å². The summed E-state index contributed by atoms with van der Waals surface area (Å²) >= 11 is 0. The third-order valence-electron chi connectivity index (χ3n) is 2.04. The second-order valence-electron chi connectivity index (χ2n) is 3.37. The molecule has 0 fully saturated rings. The zero-order chi connectivity index (χ0) is 12.3. The molecule has 0 heterocycles. The molecule has 0 amide bonds. The van der Waals surface area contributed by atoms with E-state index in [1.54, 1.807) is 6.92 Å². The average Bonchev–Trinajstić information content (AvgIpc) is 2.15. The largest absolute Gasteiger partial charge is 0.399 e. The van der Waals surface area contributed by atoms with Gasteiger partial charge >= 0.3 is 0 Å². The fourth-order valence-corrected chi connectivity index (χ4v) is 2.44. The van der Waals surface area contributed by atoms with Gasteiger partial charge in [0.2, 0.25) is 0 Å². The lowest BCUT2D eigenvalue weighted by Crippen LogP contribution is -2.17. The molecular weight excluding hydrogens is 236 g/mol. The van der Waals surface area contributed by atoms with Gasteiger partial charge in [0.15, 0.2) is 0 Å². The highest BCUT2D eigenvalue weighted by Crippen LogP contribution is 2.21. The van der Waals surface area contributed by atoms with Crippen molar-refractivity contribution in [3.8, 4) is 0 Å². The maximum atomic E-state index is 13.4. The van der Waals surface area contributed by atoms with Crippen LogP contribution in [0.1, 0.15) is 6.92 Å². The molecule has 1 rings (SSSR count). The Morgan fingerprint density at radius 3 is 2.38 bits per heavy atom. The van der Waals surface area contributed by atoms with Crippen LogP contribution in [0.2, 0.25) is 0 Å². The highest BCUT2D eigenvalue weighted by Gasteiger charge is 2.18. The van der Waals surface area contributed by atoms with E-state index in [4.69, 9.17) is 10.5 Å². The minimum absolute atomic E-state index is 0.0319. The van der Waals surface area contributed by atoms with E-state index in [2.05, 4.69) is 0 Å². The molecule has 0 aliphatic rings.